The van der Waals surface area contributed by atoms with Crippen molar-refractivity contribution < 1.29 is 9.59 Å². The standard InChI is InChI=1S/C25H25N3O2/c26-16-24(29)27-18-25(30)28(17-21(27)15-19-9-3-1-4-10-19)23-14-8-7-13-22(23)20-11-5-2-6-12-20/h1-14,21H,15-18,26H2/t21-/m1/s1. The van der Waals surface area contributed by atoms with Crippen LogP contribution in [0.15, 0.2) is 84.9 Å². The minimum atomic E-state index is -0.194. The molecule has 1 fully saturated rings. The highest BCUT2D eigenvalue weighted by Gasteiger charge is 2.35. The summed E-state index contributed by atoms with van der Waals surface area (Å²) < 4.78 is 0. The van der Waals surface area contributed by atoms with Gasteiger partial charge >= 0.3 is 0 Å². The van der Waals surface area contributed by atoms with Crippen LogP contribution in [-0.2, 0) is 16.0 Å². The topological polar surface area (TPSA) is 66.6 Å². The first-order valence-electron chi connectivity index (χ1n) is 10.2. The van der Waals surface area contributed by atoms with Crippen LogP contribution in [-0.4, -0.2) is 42.4 Å². The number of hydrogen-bond donors (Lipinski definition) is 1. The Morgan fingerprint density at radius 1 is 0.900 bits per heavy atom. The Balaban J connectivity index is 1.68. The van der Waals surface area contributed by atoms with Crippen molar-refractivity contribution in [3.05, 3.63) is 90.5 Å². The zero-order valence-electron chi connectivity index (χ0n) is 16.8. The highest BCUT2D eigenvalue weighted by atomic mass is 16.2. The van der Waals surface area contributed by atoms with E-state index < -0.39 is 0 Å². The van der Waals surface area contributed by atoms with Crippen molar-refractivity contribution >= 4 is 17.5 Å². The predicted octanol–water partition coefficient (Wildman–Crippen LogP) is 3.10. The first kappa shape index (κ1) is 19.9. The molecule has 1 saturated heterocycles. The number of nitrogens with two attached hydrogens (primary N) is 1. The molecule has 5 nitrogen and oxygen atoms in total. The molecule has 1 aliphatic heterocycles. The van der Waals surface area contributed by atoms with Gasteiger partial charge in [-0.15, -0.1) is 0 Å². The highest BCUT2D eigenvalue weighted by Crippen LogP contribution is 2.32. The molecule has 1 heterocycles. The molecule has 0 saturated carbocycles. The number of rotatable bonds is 5. The fraction of sp³-hybridized carbons (Fsp3) is 0.200. The van der Waals surface area contributed by atoms with Gasteiger partial charge < -0.3 is 15.5 Å². The monoisotopic (exact) mass is 399 g/mol. The molecule has 0 spiro atoms. The van der Waals surface area contributed by atoms with Crippen LogP contribution in [0, 0.1) is 0 Å². The molecule has 3 aromatic rings. The minimum Gasteiger partial charge on any atom is -0.327 e. The van der Waals surface area contributed by atoms with Gasteiger partial charge in [0.1, 0.15) is 6.54 Å². The number of anilines is 1. The Morgan fingerprint density at radius 3 is 2.23 bits per heavy atom. The zero-order chi connectivity index (χ0) is 20.9. The maximum absolute atomic E-state index is 13.1. The van der Waals surface area contributed by atoms with Crippen LogP contribution < -0.4 is 10.6 Å². The summed E-state index contributed by atoms with van der Waals surface area (Å²) in [5.41, 5.74) is 9.69. The van der Waals surface area contributed by atoms with Gasteiger partial charge in [0.05, 0.1) is 18.3 Å². The summed E-state index contributed by atoms with van der Waals surface area (Å²) in [4.78, 5) is 29.0. The SMILES string of the molecule is NCC(=O)N1CC(=O)N(c2ccccc2-c2ccccc2)C[C@H]1Cc1ccccc1. The first-order chi connectivity index (χ1) is 14.7. The Hall–Kier alpha value is -3.44. The number of nitrogens with zero attached hydrogens (tertiary/aromatic N) is 2. The van der Waals surface area contributed by atoms with E-state index in [1.54, 1.807) is 4.90 Å². The van der Waals surface area contributed by atoms with Crippen LogP contribution >= 0.6 is 0 Å². The molecule has 0 radical (unpaired) electrons. The first-order valence-corrected chi connectivity index (χ1v) is 10.2. The van der Waals surface area contributed by atoms with Crippen LogP contribution in [0.25, 0.3) is 11.1 Å². The molecule has 2 N–H and O–H groups in total. The molecule has 5 heteroatoms. The molecule has 0 unspecified atom stereocenters. The molecule has 30 heavy (non-hydrogen) atoms. The second-order valence-electron chi connectivity index (χ2n) is 7.46. The van der Waals surface area contributed by atoms with Crippen molar-refractivity contribution in [3.63, 3.8) is 0 Å². The smallest absolute Gasteiger partial charge is 0.246 e. The summed E-state index contributed by atoms with van der Waals surface area (Å²) in [6.45, 7) is 0.374. The molecule has 0 bridgehead atoms. The molecule has 3 aromatic carbocycles. The van der Waals surface area contributed by atoms with Gasteiger partial charge in [0.15, 0.2) is 0 Å². The van der Waals surface area contributed by atoms with E-state index in [0.29, 0.717) is 13.0 Å². The maximum atomic E-state index is 13.1. The average molecular weight is 399 g/mol. The van der Waals surface area contributed by atoms with Gasteiger partial charge in [-0.2, -0.15) is 0 Å². The third kappa shape index (κ3) is 4.11. The second-order valence-corrected chi connectivity index (χ2v) is 7.46. The lowest BCUT2D eigenvalue weighted by Crippen LogP contribution is -2.60. The fourth-order valence-electron chi connectivity index (χ4n) is 4.04. The number of carbonyl (C=O) groups is 2. The second kappa shape index (κ2) is 8.93. The van der Waals surface area contributed by atoms with Gasteiger partial charge in [0.25, 0.3) is 0 Å². The van der Waals surface area contributed by atoms with Gasteiger partial charge in [0, 0.05) is 12.1 Å². The van der Waals surface area contributed by atoms with Gasteiger partial charge in [-0.25, -0.2) is 0 Å². The van der Waals surface area contributed by atoms with E-state index in [0.717, 1.165) is 22.4 Å². The van der Waals surface area contributed by atoms with Crippen molar-refractivity contribution in [3.8, 4) is 11.1 Å². The molecule has 4 rings (SSSR count). The number of piperazine rings is 1. The van der Waals surface area contributed by atoms with E-state index in [1.807, 2.05) is 89.8 Å². The fourth-order valence-corrected chi connectivity index (χ4v) is 4.04. The summed E-state index contributed by atoms with van der Waals surface area (Å²) in [6, 6.07) is 27.9. The number of para-hydroxylation sites is 1. The summed E-state index contributed by atoms with van der Waals surface area (Å²) >= 11 is 0. The van der Waals surface area contributed by atoms with E-state index in [9.17, 15) is 9.59 Å². The van der Waals surface area contributed by atoms with Crippen LogP contribution in [0.1, 0.15) is 5.56 Å². The lowest BCUT2D eigenvalue weighted by atomic mass is 9.98. The normalized spacial score (nSPS) is 16.6. The lowest BCUT2D eigenvalue weighted by Gasteiger charge is -2.41. The van der Waals surface area contributed by atoms with Gasteiger partial charge in [-0.05, 0) is 23.6 Å². The number of benzene rings is 3. The minimum absolute atomic E-state index is 0.0384. The van der Waals surface area contributed by atoms with Crippen molar-refractivity contribution in [1.29, 1.82) is 0 Å². The van der Waals surface area contributed by atoms with Crippen LogP contribution in [0.4, 0.5) is 5.69 Å². The van der Waals surface area contributed by atoms with E-state index in [-0.39, 0.29) is 30.9 Å². The van der Waals surface area contributed by atoms with E-state index in [2.05, 4.69) is 0 Å². The van der Waals surface area contributed by atoms with Crippen molar-refractivity contribution in [2.24, 2.45) is 5.73 Å². The molecular weight excluding hydrogens is 374 g/mol. The van der Waals surface area contributed by atoms with E-state index in [1.165, 1.54) is 0 Å². The molecular formula is C25H25N3O2. The number of amides is 2. The van der Waals surface area contributed by atoms with Gasteiger partial charge in [-0.1, -0.05) is 78.9 Å². The van der Waals surface area contributed by atoms with Crippen LogP contribution in [0.5, 0.6) is 0 Å². The predicted molar refractivity (Wildman–Crippen MR) is 119 cm³/mol. The zero-order valence-corrected chi connectivity index (χ0v) is 16.8. The van der Waals surface area contributed by atoms with E-state index >= 15 is 0 Å². The molecule has 1 atom stereocenters. The third-order valence-electron chi connectivity index (χ3n) is 5.53. The molecule has 0 aliphatic carbocycles. The Kier molecular flexibility index (Phi) is 5.91. The lowest BCUT2D eigenvalue weighted by molar-refractivity contribution is -0.138. The third-order valence-corrected chi connectivity index (χ3v) is 5.53. The number of hydrogen-bond acceptors (Lipinski definition) is 3. The number of carbonyl (C=O) groups excluding carboxylic acids is 2. The average Bonchev–Trinajstić information content (AvgIpc) is 2.81. The summed E-state index contributed by atoms with van der Waals surface area (Å²) in [6.07, 6.45) is 0.670. The van der Waals surface area contributed by atoms with Crippen LogP contribution in [0.2, 0.25) is 0 Å². The summed E-state index contributed by atoms with van der Waals surface area (Å²) in [7, 11) is 0. The van der Waals surface area contributed by atoms with Crippen molar-refractivity contribution in [2.45, 2.75) is 12.5 Å². The quantitative estimate of drug-likeness (QED) is 0.717. The Bertz CT molecular complexity index is 1020. The van der Waals surface area contributed by atoms with E-state index in [4.69, 9.17) is 5.73 Å². The molecule has 1 aliphatic rings. The maximum Gasteiger partial charge on any atom is 0.246 e. The Labute approximate surface area is 176 Å². The Morgan fingerprint density at radius 2 is 1.53 bits per heavy atom. The van der Waals surface area contributed by atoms with Gasteiger partial charge in [0.2, 0.25) is 11.8 Å². The molecule has 152 valence electrons. The van der Waals surface area contributed by atoms with Gasteiger partial charge in [-0.3, -0.25) is 9.59 Å². The summed E-state index contributed by atoms with van der Waals surface area (Å²) in [5.74, 6) is -0.287. The summed E-state index contributed by atoms with van der Waals surface area (Å²) in [5, 5.41) is 0. The van der Waals surface area contributed by atoms with Crippen molar-refractivity contribution in [2.75, 3.05) is 24.5 Å². The largest absolute Gasteiger partial charge is 0.327 e. The van der Waals surface area contributed by atoms with Crippen LogP contribution in [0.3, 0.4) is 0 Å². The molecule has 0 aromatic heterocycles. The van der Waals surface area contributed by atoms with Crippen molar-refractivity contribution in [1.82, 2.24) is 4.90 Å². The molecule has 2 amide bonds. The highest BCUT2D eigenvalue weighted by molar-refractivity contribution is 6.01.